The number of hydrogen-bond donors (Lipinski definition) is 0. The molecule has 116 valence electrons. The number of aromatic nitrogens is 1. The second-order valence-electron chi connectivity index (χ2n) is 5.80. The molecule has 2 atom stereocenters. The summed E-state index contributed by atoms with van der Waals surface area (Å²) in [4.78, 5) is 18.3. The fourth-order valence-corrected chi connectivity index (χ4v) is 4.50. The highest BCUT2D eigenvalue weighted by Crippen LogP contribution is 2.28. The van der Waals surface area contributed by atoms with Gasteiger partial charge >= 0.3 is 0 Å². The van der Waals surface area contributed by atoms with Crippen molar-refractivity contribution in [3.63, 3.8) is 0 Å². The van der Waals surface area contributed by atoms with Crippen LogP contribution in [0.1, 0.15) is 41.9 Å². The standard InChI is InChI=1S/C15H22N2O3S/c1-11-7-6-8-12(16-11)15(18)17(2)13-9-4-5-10-14(13)21(3,19)20/h6-8,13-14H,4-5,9-10H2,1-3H3/t13-,14-/m1/s1. The lowest BCUT2D eigenvalue weighted by Gasteiger charge is -2.36. The normalized spacial score (nSPS) is 22.8. The molecule has 0 radical (unpaired) electrons. The lowest BCUT2D eigenvalue weighted by Crippen LogP contribution is -2.49. The van der Waals surface area contributed by atoms with E-state index in [1.54, 1.807) is 24.1 Å². The number of pyridine rings is 1. The van der Waals surface area contributed by atoms with E-state index in [0.717, 1.165) is 25.0 Å². The van der Waals surface area contributed by atoms with Crippen molar-refractivity contribution in [3.8, 4) is 0 Å². The van der Waals surface area contributed by atoms with Gasteiger partial charge in [0.1, 0.15) is 5.69 Å². The molecule has 21 heavy (non-hydrogen) atoms. The number of nitrogens with zero attached hydrogens (tertiary/aromatic N) is 2. The van der Waals surface area contributed by atoms with Gasteiger partial charge in [-0.2, -0.15) is 0 Å². The second-order valence-corrected chi connectivity index (χ2v) is 8.06. The van der Waals surface area contributed by atoms with E-state index in [0.29, 0.717) is 12.1 Å². The highest BCUT2D eigenvalue weighted by Gasteiger charge is 2.37. The first-order valence-corrected chi connectivity index (χ1v) is 9.16. The van der Waals surface area contributed by atoms with Crippen molar-refractivity contribution in [2.45, 2.75) is 43.9 Å². The second kappa shape index (κ2) is 6.13. The van der Waals surface area contributed by atoms with Gasteiger partial charge in [-0.05, 0) is 31.9 Å². The fraction of sp³-hybridized carbons (Fsp3) is 0.600. The monoisotopic (exact) mass is 310 g/mol. The summed E-state index contributed by atoms with van der Waals surface area (Å²) in [5.74, 6) is -0.209. The lowest BCUT2D eigenvalue weighted by atomic mass is 9.93. The van der Waals surface area contributed by atoms with Gasteiger partial charge in [0.2, 0.25) is 0 Å². The van der Waals surface area contributed by atoms with Gasteiger partial charge in [0.05, 0.1) is 5.25 Å². The van der Waals surface area contributed by atoms with Crippen molar-refractivity contribution in [1.29, 1.82) is 0 Å². The predicted octanol–water partition coefficient (Wildman–Crippen LogP) is 1.82. The minimum atomic E-state index is -3.16. The Morgan fingerprint density at radius 1 is 1.29 bits per heavy atom. The average Bonchev–Trinajstić information content (AvgIpc) is 2.45. The molecule has 1 heterocycles. The summed E-state index contributed by atoms with van der Waals surface area (Å²) in [5.41, 5.74) is 1.15. The van der Waals surface area contributed by atoms with Gasteiger partial charge in [-0.3, -0.25) is 4.79 Å². The Morgan fingerprint density at radius 2 is 1.95 bits per heavy atom. The Labute approximate surface area is 126 Å². The fourth-order valence-electron chi connectivity index (χ4n) is 3.01. The lowest BCUT2D eigenvalue weighted by molar-refractivity contribution is 0.0694. The third-order valence-electron chi connectivity index (χ3n) is 4.14. The molecule has 0 N–H and O–H groups in total. The van der Waals surface area contributed by atoms with Crippen LogP contribution in [0.3, 0.4) is 0 Å². The summed E-state index contributed by atoms with van der Waals surface area (Å²) in [6, 6.07) is 5.03. The zero-order chi connectivity index (χ0) is 15.6. The van der Waals surface area contributed by atoms with E-state index in [-0.39, 0.29) is 11.9 Å². The molecule has 1 amide bonds. The van der Waals surface area contributed by atoms with E-state index in [9.17, 15) is 13.2 Å². The van der Waals surface area contributed by atoms with Crippen LogP contribution < -0.4 is 0 Å². The molecule has 6 heteroatoms. The van der Waals surface area contributed by atoms with Crippen molar-refractivity contribution >= 4 is 15.7 Å². The van der Waals surface area contributed by atoms with E-state index in [1.165, 1.54) is 6.26 Å². The van der Waals surface area contributed by atoms with Crippen LogP contribution in [0.2, 0.25) is 0 Å². The summed E-state index contributed by atoms with van der Waals surface area (Å²) in [7, 11) is -1.48. The SMILES string of the molecule is Cc1cccc(C(=O)N(C)[C@@H]2CCCC[C@H]2S(C)(=O)=O)n1. The van der Waals surface area contributed by atoms with Crippen LogP contribution in [-0.2, 0) is 9.84 Å². The minimum absolute atomic E-state index is 0.209. The Hall–Kier alpha value is -1.43. The van der Waals surface area contributed by atoms with Crippen LogP contribution in [0, 0.1) is 6.92 Å². The largest absolute Gasteiger partial charge is 0.336 e. The van der Waals surface area contributed by atoms with Crippen LogP contribution in [0.5, 0.6) is 0 Å². The molecule has 1 aromatic rings. The first-order valence-electron chi connectivity index (χ1n) is 7.20. The smallest absolute Gasteiger partial charge is 0.272 e. The van der Waals surface area contributed by atoms with Gasteiger partial charge in [-0.25, -0.2) is 13.4 Å². The zero-order valence-corrected chi connectivity index (χ0v) is 13.6. The quantitative estimate of drug-likeness (QED) is 0.854. The van der Waals surface area contributed by atoms with Crippen molar-refractivity contribution < 1.29 is 13.2 Å². The van der Waals surface area contributed by atoms with Crippen molar-refractivity contribution in [1.82, 2.24) is 9.88 Å². The molecule has 1 saturated carbocycles. The Morgan fingerprint density at radius 3 is 2.57 bits per heavy atom. The Bertz CT molecular complexity index is 628. The van der Waals surface area contributed by atoms with Gasteiger partial charge in [-0.1, -0.05) is 18.9 Å². The first kappa shape index (κ1) is 15.9. The molecule has 0 aromatic carbocycles. The summed E-state index contributed by atoms with van der Waals surface area (Å²) in [5, 5.41) is -0.468. The van der Waals surface area contributed by atoms with E-state index >= 15 is 0 Å². The maximum Gasteiger partial charge on any atom is 0.272 e. The molecule has 5 nitrogen and oxygen atoms in total. The number of carbonyl (C=O) groups is 1. The van der Waals surface area contributed by atoms with Crippen LogP contribution >= 0.6 is 0 Å². The molecular weight excluding hydrogens is 288 g/mol. The van der Waals surface area contributed by atoms with Crippen molar-refractivity contribution in [2.24, 2.45) is 0 Å². The highest BCUT2D eigenvalue weighted by atomic mass is 32.2. The molecule has 1 fully saturated rings. The number of carbonyl (C=O) groups excluding carboxylic acids is 1. The summed E-state index contributed by atoms with van der Waals surface area (Å²) < 4.78 is 23.9. The third-order valence-corrected chi connectivity index (χ3v) is 5.79. The molecule has 0 unspecified atom stereocenters. The van der Waals surface area contributed by atoms with Gasteiger partial charge in [0, 0.05) is 25.0 Å². The van der Waals surface area contributed by atoms with Gasteiger partial charge in [-0.15, -0.1) is 0 Å². The van der Waals surface area contributed by atoms with Gasteiger partial charge in [0.15, 0.2) is 9.84 Å². The predicted molar refractivity (Wildman–Crippen MR) is 82.0 cm³/mol. The van der Waals surface area contributed by atoms with Crippen LogP contribution in [0.4, 0.5) is 0 Å². The Kier molecular flexibility index (Phi) is 4.66. The van der Waals surface area contributed by atoms with Gasteiger partial charge in [0.25, 0.3) is 5.91 Å². The van der Waals surface area contributed by atoms with E-state index in [4.69, 9.17) is 0 Å². The number of rotatable bonds is 3. The number of amides is 1. The molecule has 1 aliphatic rings. The number of aryl methyl sites for hydroxylation is 1. The van der Waals surface area contributed by atoms with Crippen LogP contribution in [-0.4, -0.2) is 48.8 Å². The van der Waals surface area contributed by atoms with Crippen LogP contribution in [0.25, 0.3) is 0 Å². The van der Waals surface area contributed by atoms with E-state index in [1.807, 2.05) is 13.0 Å². The van der Waals surface area contributed by atoms with Gasteiger partial charge < -0.3 is 4.90 Å². The molecule has 1 aliphatic carbocycles. The molecule has 0 aliphatic heterocycles. The summed E-state index contributed by atoms with van der Waals surface area (Å²) in [6.07, 6.45) is 4.47. The maximum absolute atomic E-state index is 12.5. The average molecular weight is 310 g/mol. The summed E-state index contributed by atoms with van der Waals surface area (Å²) >= 11 is 0. The molecular formula is C15H22N2O3S. The molecule has 0 saturated heterocycles. The van der Waals surface area contributed by atoms with Crippen molar-refractivity contribution in [2.75, 3.05) is 13.3 Å². The van der Waals surface area contributed by atoms with Crippen molar-refractivity contribution in [3.05, 3.63) is 29.6 Å². The number of hydrogen-bond acceptors (Lipinski definition) is 4. The minimum Gasteiger partial charge on any atom is -0.336 e. The third kappa shape index (κ3) is 3.61. The van der Waals surface area contributed by atoms with E-state index in [2.05, 4.69) is 4.98 Å². The van der Waals surface area contributed by atoms with Crippen LogP contribution in [0.15, 0.2) is 18.2 Å². The first-order chi connectivity index (χ1) is 9.80. The topological polar surface area (TPSA) is 67.3 Å². The molecule has 0 bridgehead atoms. The Balaban J connectivity index is 2.25. The molecule has 2 rings (SSSR count). The summed E-state index contributed by atoms with van der Waals surface area (Å²) in [6.45, 7) is 1.83. The zero-order valence-electron chi connectivity index (χ0n) is 12.7. The number of sulfone groups is 1. The molecule has 1 aromatic heterocycles. The molecule has 0 spiro atoms. The van der Waals surface area contributed by atoms with E-state index < -0.39 is 15.1 Å². The maximum atomic E-state index is 12.5. The highest BCUT2D eigenvalue weighted by molar-refractivity contribution is 7.91.